The number of sulfone groups is 1. The van der Waals surface area contributed by atoms with Crippen LogP contribution in [0.3, 0.4) is 0 Å². The molecule has 3 rings (SSSR count). The van der Waals surface area contributed by atoms with Crippen molar-refractivity contribution in [1.82, 2.24) is 5.32 Å². The molecule has 1 amide bonds. The predicted octanol–water partition coefficient (Wildman–Crippen LogP) is 2.25. The highest BCUT2D eigenvalue weighted by molar-refractivity contribution is 7.90. The van der Waals surface area contributed by atoms with Crippen LogP contribution in [0.2, 0.25) is 0 Å². The van der Waals surface area contributed by atoms with Gasteiger partial charge in [-0.3, -0.25) is 4.79 Å². The molecule has 0 unspecified atom stereocenters. The number of ether oxygens (including phenoxy) is 1. The third kappa shape index (κ3) is 4.90. The lowest BCUT2D eigenvalue weighted by atomic mass is 9.67. The first-order valence-corrected chi connectivity index (χ1v) is 10.9. The van der Waals surface area contributed by atoms with E-state index < -0.39 is 9.84 Å². The van der Waals surface area contributed by atoms with E-state index in [0.717, 1.165) is 32.4 Å². The van der Waals surface area contributed by atoms with Crippen molar-refractivity contribution in [3.05, 3.63) is 24.3 Å². The largest absolute Gasteiger partial charge is 0.492 e. The minimum atomic E-state index is -3.05. The summed E-state index contributed by atoms with van der Waals surface area (Å²) in [7, 11) is -3.05. The van der Waals surface area contributed by atoms with E-state index in [9.17, 15) is 13.2 Å². The molecular weight excluding hydrogens is 376 g/mol. The van der Waals surface area contributed by atoms with Crippen molar-refractivity contribution in [1.29, 1.82) is 0 Å². The van der Waals surface area contributed by atoms with E-state index in [4.69, 9.17) is 4.74 Å². The average Bonchev–Trinajstić information content (AvgIpc) is 2.99. The SMILES string of the molecule is CS(=O)(=O)CCOc1cccc(NC(=O)[C@@]23CCCC[C@H]2CNC3)c1.Cl. The van der Waals surface area contributed by atoms with Crippen molar-refractivity contribution in [3.63, 3.8) is 0 Å². The minimum Gasteiger partial charge on any atom is -0.492 e. The molecular formula is C18H27ClN2O4S. The number of benzene rings is 1. The Bertz CT molecular complexity index is 740. The normalized spacial score (nSPS) is 25.0. The summed E-state index contributed by atoms with van der Waals surface area (Å²) in [6, 6.07) is 7.14. The molecule has 0 spiro atoms. The maximum absolute atomic E-state index is 13.0. The molecule has 2 fully saturated rings. The molecule has 0 aromatic heterocycles. The van der Waals surface area contributed by atoms with Crippen LogP contribution in [0, 0.1) is 11.3 Å². The number of hydrogen-bond acceptors (Lipinski definition) is 5. The van der Waals surface area contributed by atoms with Gasteiger partial charge in [0.15, 0.2) is 9.84 Å². The van der Waals surface area contributed by atoms with Gasteiger partial charge in [-0.05, 0) is 37.4 Å². The molecule has 0 radical (unpaired) electrons. The second kappa shape index (κ2) is 8.59. The summed E-state index contributed by atoms with van der Waals surface area (Å²) >= 11 is 0. The van der Waals surface area contributed by atoms with Crippen LogP contribution in [-0.4, -0.2) is 46.0 Å². The fraction of sp³-hybridized carbons (Fsp3) is 0.611. The van der Waals surface area contributed by atoms with E-state index in [2.05, 4.69) is 10.6 Å². The quantitative estimate of drug-likeness (QED) is 0.762. The Balaban J connectivity index is 0.00000243. The van der Waals surface area contributed by atoms with Crippen molar-refractivity contribution in [3.8, 4) is 5.75 Å². The highest BCUT2D eigenvalue weighted by atomic mass is 35.5. The molecule has 1 aromatic rings. The van der Waals surface area contributed by atoms with Gasteiger partial charge in [0.2, 0.25) is 5.91 Å². The van der Waals surface area contributed by atoms with Crippen molar-refractivity contribution in [2.45, 2.75) is 25.7 Å². The molecule has 2 aliphatic rings. The van der Waals surface area contributed by atoms with Crippen LogP contribution < -0.4 is 15.4 Å². The van der Waals surface area contributed by atoms with Crippen molar-refractivity contribution in [2.75, 3.05) is 37.0 Å². The zero-order chi connectivity index (χ0) is 17.9. The molecule has 26 heavy (non-hydrogen) atoms. The maximum atomic E-state index is 13.0. The third-order valence-corrected chi connectivity index (χ3v) is 6.21. The van der Waals surface area contributed by atoms with Crippen molar-refractivity contribution >= 4 is 33.8 Å². The van der Waals surface area contributed by atoms with Crippen LogP contribution in [0.5, 0.6) is 5.75 Å². The first kappa shape index (κ1) is 21.0. The number of nitrogens with one attached hydrogen (secondary N) is 2. The smallest absolute Gasteiger partial charge is 0.232 e. The number of hydrogen-bond donors (Lipinski definition) is 2. The Hall–Kier alpha value is -1.31. The zero-order valence-electron chi connectivity index (χ0n) is 15.0. The molecule has 1 saturated heterocycles. The number of carbonyl (C=O) groups excluding carboxylic acids is 1. The van der Waals surface area contributed by atoms with Crippen LogP contribution in [0.4, 0.5) is 5.69 Å². The van der Waals surface area contributed by atoms with Crippen LogP contribution in [0.15, 0.2) is 24.3 Å². The first-order valence-electron chi connectivity index (χ1n) is 8.82. The molecule has 1 aliphatic heterocycles. The number of fused-ring (bicyclic) bond motifs is 1. The second-order valence-electron chi connectivity index (χ2n) is 7.19. The Labute approximate surface area is 161 Å². The van der Waals surface area contributed by atoms with Gasteiger partial charge in [0, 0.05) is 24.6 Å². The van der Waals surface area contributed by atoms with E-state index >= 15 is 0 Å². The molecule has 146 valence electrons. The van der Waals surface area contributed by atoms with E-state index in [0.29, 0.717) is 17.4 Å². The molecule has 1 aromatic carbocycles. The fourth-order valence-corrected chi connectivity index (χ4v) is 4.31. The van der Waals surface area contributed by atoms with Gasteiger partial charge in [0.25, 0.3) is 0 Å². The summed E-state index contributed by atoms with van der Waals surface area (Å²) in [5.41, 5.74) is 0.387. The molecule has 1 heterocycles. The minimum absolute atomic E-state index is 0. The van der Waals surface area contributed by atoms with Gasteiger partial charge < -0.3 is 15.4 Å². The Morgan fingerprint density at radius 2 is 2.19 bits per heavy atom. The summed E-state index contributed by atoms with van der Waals surface area (Å²) in [6.07, 6.45) is 5.52. The van der Waals surface area contributed by atoms with Gasteiger partial charge in [0.1, 0.15) is 12.4 Å². The topological polar surface area (TPSA) is 84.5 Å². The van der Waals surface area contributed by atoms with Gasteiger partial charge in [-0.1, -0.05) is 18.9 Å². The predicted molar refractivity (Wildman–Crippen MR) is 105 cm³/mol. The second-order valence-corrected chi connectivity index (χ2v) is 9.45. The lowest BCUT2D eigenvalue weighted by Gasteiger charge is -2.37. The molecule has 0 bridgehead atoms. The Morgan fingerprint density at radius 1 is 1.38 bits per heavy atom. The van der Waals surface area contributed by atoms with Gasteiger partial charge in [0.05, 0.1) is 11.2 Å². The molecule has 6 nitrogen and oxygen atoms in total. The van der Waals surface area contributed by atoms with Crippen LogP contribution in [0.25, 0.3) is 0 Å². The molecule has 2 atom stereocenters. The lowest BCUT2D eigenvalue weighted by Crippen LogP contribution is -2.44. The average molecular weight is 403 g/mol. The first-order chi connectivity index (χ1) is 11.9. The lowest BCUT2D eigenvalue weighted by molar-refractivity contribution is -0.128. The van der Waals surface area contributed by atoms with Gasteiger partial charge in [-0.25, -0.2) is 8.42 Å². The Morgan fingerprint density at radius 3 is 2.96 bits per heavy atom. The summed E-state index contributed by atoms with van der Waals surface area (Å²) in [5.74, 6) is 1.02. The van der Waals surface area contributed by atoms with E-state index in [1.54, 1.807) is 18.2 Å². The summed E-state index contributed by atoms with van der Waals surface area (Å²) in [6.45, 7) is 1.77. The fourth-order valence-electron chi connectivity index (χ4n) is 3.92. The van der Waals surface area contributed by atoms with Crippen LogP contribution >= 0.6 is 12.4 Å². The maximum Gasteiger partial charge on any atom is 0.232 e. The number of anilines is 1. The monoisotopic (exact) mass is 402 g/mol. The molecule has 1 saturated carbocycles. The highest BCUT2D eigenvalue weighted by Crippen LogP contribution is 2.44. The zero-order valence-corrected chi connectivity index (χ0v) is 16.6. The number of amides is 1. The van der Waals surface area contributed by atoms with Crippen molar-refractivity contribution < 1.29 is 17.9 Å². The summed E-state index contributed by atoms with van der Waals surface area (Å²) < 4.78 is 27.8. The standard InChI is InChI=1S/C18H26N2O4S.ClH/c1-25(22,23)10-9-24-16-7-4-6-15(11-16)20-17(21)18-8-3-2-5-14(18)12-19-13-18;/h4,6-7,11,14,19H,2-3,5,8-10,12-13H2,1H3,(H,20,21);1H/t14-,18+;/m0./s1. The number of carbonyl (C=O) groups is 1. The summed E-state index contributed by atoms with van der Waals surface area (Å²) in [4.78, 5) is 13.0. The number of halogens is 1. The highest BCUT2D eigenvalue weighted by Gasteiger charge is 2.49. The Kier molecular flexibility index (Phi) is 6.93. The number of rotatable bonds is 6. The van der Waals surface area contributed by atoms with E-state index in [1.165, 1.54) is 12.7 Å². The third-order valence-electron chi connectivity index (χ3n) is 5.31. The molecule has 2 N–H and O–H groups in total. The van der Waals surface area contributed by atoms with Crippen LogP contribution in [0.1, 0.15) is 25.7 Å². The van der Waals surface area contributed by atoms with E-state index in [-0.39, 0.29) is 36.1 Å². The molecule has 1 aliphatic carbocycles. The molecule has 8 heteroatoms. The van der Waals surface area contributed by atoms with Gasteiger partial charge in [-0.15, -0.1) is 12.4 Å². The summed E-state index contributed by atoms with van der Waals surface area (Å²) in [5, 5.41) is 6.43. The van der Waals surface area contributed by atoms with Gasteiger partial charge >= 0.3 is 0 Å². The van der Waals surface area contributed by atoms with Gasteiger partial charge in [-0.2, -0.15) is 0 Å². The van der Waals surface area contributed by atoms with Crippen molar-refractivity contribution in [2.24, 2.45) is 11.3 Å². The van der Waals surface area contributed by atoms with Crippen LogP contribution in [-0.2, 0) is 14.6 Å². The van der Waals surface area contributed by atoms with E-state index in [1.807, 2.05) is 6.07 Å².